The number of esters is 2. The van der Waals surface area contributed by atoms with E-state index in [0.717, 1.165) is 0 Å². The second-order valence-electron chi connectivity index (χ2n) is 10.1. The number of carbonyl (C=O) groups excluding carboxylic acids is 4. The van der Waals surface area contributed by atoms with Gasteiger partial charge in [0.15, 0.2) is 23.1 Å². The molecule has 0 saturated heterocycles. The molecule has 3 aromatic rings. The van der Waals surface area contributed by atoms with Crippen LogP contribution in [0.2, 0.25) is 0 Å². The first-order valence-electron chi connectivity index (χ1n) is 12.5. The van der Waals surface area contributed by atoms with E-state index in [1.54, 1.807) is 20.8 Å². The molecule has 0 aliphatic heterocycles. The molecule has 11 heteroatoms. The number of ether oxygens (including phenoxy) is 2. The highest BCUT2D eigenvalue weighted by molar-refractivity contribution is 5.95. The predicted octanol–water partition coefficient (Wildman–Crippen LogP) is 4.53. The van der Waals surface area contributed by atoms with Crippen molar-refractivity contribution in [3.8, 4) is 23.0 Å². The van der Waals surface area contributed by atoms with Crippen molar-refractivity contribution in [3.05, 3.63) is 82.9 Å². The number of benzene rings is 3. The van der Waals surface area contributed by atoms with Gasteiger partial charge < -0.3 is 20.3 Å². The van der Waals surface area contributed by atoms with Crippen molar-refractivity contribution in [2.24, 2.45) is 5.73 Å². The molecule has 3 rings (SSSR count). The van der Waals surface area contributed by atoms with Crippen molar-refractivity contribution < 1.29 is 48.6 Å². The Morgan fingerprint density at radius 2 is 1.49 bits per heavy atom. The van der Waals surface area contributed by atoms with Crippen molar-refractivity contribution in [2.75, 3.05) is 0 Å². The van der Waals surface area contributed by atoms with Gasteiger partial charge >= 0.3 is 11.9 Å². The molecule has 0 aromatic heterocycles. The summed E-state index contributed by atoms with van der Waals surface area (Å²) in [5.74, 6) is -2.49. The summed E-state index contributed by atoms with van der Waals surface area (Å²) in [5, 5.41) is 15.4. The molecule has 0 spiro atoms. The summed E-state index contributed by atoms with van der Waals surface area (Å²) in [6.45, 7) is 7.85. The maximum Gasteiger partial charge on any atom is 0.342 e. The molecule has 0 aliphatic carbocycles. The molecular weight excluding hydrogens is 534 g/mol. The first-order chi connectivity index (χ1) is 19.2. The van der Waals surface area contributed by atoms with E-state index in [1.165, 1.54) is 74.5 Å². The van der Waals surface area contributed by atoms with Crippen molar-refractivity contribution in [1.82, 2.24) is 0 Å². The standard InChI is InChI=1S/C30H31NO10/c1-17(32)19-9-12-22(13-10-19)39-41-40-25-14-11-20(18(2)33)16-26(25)37-29(36)24(31)15-21-7-6-8-23(27(21)34)28(35)38-30(3,4)5/h6-14,16,24,34H,15,31H2,1-5H3. The predicted molar refractivity (Wildman–Crippen MR) is 146 cm³/mol. The van der Waals surface area contributed by atoms with E-state index in [9.17, 15) is 24.3 Å². The quantitative estimate of drug-likeness (QED) is 0.110. The molecule has 0 saturated carbocycles. The van der Waals surface area contributed by atoms with E-state index in [2.05, 4.69) is 0 Å². The van der Waals surface area contributed by atoms with Gasteiger partial charge in [0.05, 0.1) is 0 Å². The minimum atomic E-state index is -1.28. The molecule has 1 unspecified atom stereocenters. The van der Waals surface area contributed by atoms with Gasteiger partial charge in [0.1, 0.15) is 23.0 Å². The van der Waals surface area contributed by atoms with Crippen LogP contribution in [-0.2, 0) is 21.0 Å². The number of para-hydroxylation sites is 1. The van der Waals surface area contributed by atoms with Crippen LogP contribution in [0.3, 0.4) is 0 Å². The number of phenols is 1. The van der Waals surface area contributed by atoms with Crippen LogP contribution in [0, 0.1) is 0 Å². The van der Waals surface area contributed by atoms with E-state index in [0.29, 0.717) is 5.56 Å². The van der Waals surface area contributed by atoms with E-state index in [1.807, 2.05) is 0 Å². The largest absolute Gasteiger partial charge is 0.507 e. The van der Waals surface area contributed by atoms with Gasteiger partial charge in [-0.3, -0.25) is 19.4 Å². The summed E-state index contributed by atoms with van der Waals surface area (Å²) in [7, 11) is 0. The van der Waals surface area contributed by atoms with Gasteiger partial charge in [0, 0.05) is 22.6 Å². The lowest BCUT2D eigenvalue weighted by atomic mass is 10.0. The van der Waals surface area contributed by atoms with E-state index in [-0.39, 0.29) is 57.7 Å². The molecule has 1 atom stereocenters. The number of carbonyl (C=O) groups is 4. The Morgan fingerprint density at radius 1 is 0.854 bits per heavy atom. The second-order valence-corrected chi connectivity index (χ2v) is 10.1. The Balaban J connectivity index is 1.72. The Kier molecular flexibility index (Phi) is 9.82. The number of hydrogen-bond donors (Lipinski definition) is 2. The topological polar surface area (TPSA) is 161 Å². The third-order valence-electron chi connectivity index (χ3n) is 5.56. The van der Waals surface area contributed by atoms with Crippen LogP contribution in [0.5, 0.6) is 23.0 Å². The maximum atomic E-state index is 12.9. The fourth-order valence-corrected chi connectivity index (χ4v) is 3.47. The number of ketones is 2. The third kappa shape index (κ3) is 8.62. The molecule has 11 nitrogen and oxygen atoms in total. The average Bonchev–Trinajstić information content (AvgIpc) is 2.89. The third-order valence-corrected chi connectivity index (χ3v) is 5.56. The molecule has 0 radical (unpaired) electrons. The highest BCUT2D eigenvalue weighted by Crippen LogP contribution is 2.31. The number of rotatable bonds is 11. The van der Waals surface area contributed by atoms with E-state index < -0.39 is 23.6 Å². The Bertz CT molecular complexity index is 1440. The highest BCUT2D eigenvalue weighted by atomic mass is 17.5. The Morgan fingerprint density at radius 3 is 2.10 bits per heavy atom. The summed E-state index contributed by atoms with van der Waals surface area (Å²) in [6, 6.07) is 13.3. The Hall–Kier alpha value is -4.74. The number of phenolic OH excluding ortho intramolecular Hbond substituents is 1. The van der Waals surface area contributed by atoms with Gasteiger partial charge in [-0.1, -0.05) is 12.1 Å². The van der Waals surface area contributed by atoms with Gasteiger partial charge in [-0.2, -0.15) is 0 Å². The van der Waals surface area contributed by atoms with Crippen LogP contribution in [0.1, 0.15) is 71.3 Å². The lowest BCUT2D eigenvalue weighted by Gasteiger charge is -2.20. The van der Waals surface area contributed by atoms with Crippen LogP contribution >= 0.6 is 0 Å². The minimum Gasteiger partial charge on any atom is -0.507 e. The Labute approximate surface area is 236 Å². The molecular formula is C30H31NO10. The van der Waals surface area contributed by atoms with Gasteiger partial charge in [0.2, 0.25) is 5.75 Å². The van der Waals surface area contributed by atoms with Crippen molar-refractivity contribution >= 4 is 23.5 Å². The molecule has 0 amide bonds. The zero-order valence-corrected chi connectivity index (χ0v) is 23.3. The van der Waals surface area contributed by atoms with Gasteiger partial charge in [-0.05, 0) is 88.7 Å². The monoisotopic (exact) mass is 565 g/mol. The zero-order valence-electron chi connectivity index (χ0n) is 23.3. The zero-order chi connectivity index (χ0) is 30.3. The van der Waals surface area contributed by atoms with Crippen LogP contribution in [0.4, 0.5) is 0 Å². The molecule has 3 N–H and O–H groups in total. The molecule has 3 aromatic carbocycles. The second kappa shape index (κ2) is 13.1. The lowest BCUT2D eigenvalue weighted by Crippen LogP contribution is -2.36. The fourth-order valence-electron chi connectivity index (χ4n) is 3.47. The van der Waals surface area contributed by atoms with Crippen molar-refractivity contribution in [3.63, 3.8) is 0 Å². The molecule has 0 aliphatic rings. The minimum absolute atomic E-state index is 0.0732. The van der Waals surface area contributed by atoms with Crippen molar-refractivity contribution in [2.45, 2.75) is 52.7 Å². The van der Waals surface area contributed by atoms with Gasteiger partial charge in [-0.25, -0.2) is 9.59 Å². The average molecular weight is 566 g/mol. The summed E-state index contributed by atoms with van der Waals surface area (Å²) < 4.78 is 10.7. The SMILES string of the molecule is CC(=O)c1ccc(OOOc2ccc(C(C)=O)cc2OC(=O)C(N)Cc2cccc(C(=O)OC(C)(C)C)c2O)cc1. The summed E-state index contributed by atoms with van der Waals surface area (Å²) in [4.78, 5) is 58.9. The van der Waals surface area contributed by atoms with Crippen LogP contribution < -0.4 is 20.2 Å². The normalized spacial score (nSPS) is 11.8. The molecule has 41 heavy (non-hydrogen) atoms. The first-order valence-corrected chi connectivity index (χ1v) is 12.5. The van der Waals surface area contributed by atoms with Gasteiger partial charge in [-0.15, -0.1) is 0 Å². The number of aromatic hydroxyl groups is 1. The summed E-state index contributed by atoms with van der Waals surface area (Å²) in [6.07, 6.45) is -0.181. The lowest BCUT2D eigenvalue weighted by molar-refractivity contribution is -0.411. The molecule has 0 heterocycles. The molecule has 216 valence electrons. The van der Waals surface area contributed by atoms with Crippen molar-refractivity contribution in [1.29, 1.82) is 0 Å². The summed E-state index contributed by atoms with van der Waals surface area (Å²) >= 11 is 0. The van der Waals surface area contributed by atoms with Crippen LogP contribution in [-0.4, -0.2) is 40.3 Å². The number of Topliss-reactive ketones (excluding diaryl/α,β-unsaturated/α-hetero) is 2. The molecule has 0 bridgehead atoms. The van der Waals surface area contributed by atoms with Crippen LogP contribution in [0.25, 0.3) is 0 Å². The number of nitrogens with two attached hydrogens (primary N) is 1. The van der Waals surface area contributed by atoms with Gasteiger partial charge in [0.25, 0.3) is 0 Å². The van der Waals surface area contributed by atoms with E-state index in [4.69, 9.17) is 30.0 Å². The van der Waals surface area contributed by atoms with E-state index >= 15 is 0 Å². The fraction of sp³-hybridized carbons (Fsp3) is 0.267. The molecule has 0 fully saturated rings. The highest BCUT2D eigenvalue weighted by Gasteiger charge is 2.25. The number of hydrogen-bond acceptors (Lipinski definition) is 11. The smallest absolute Gasteiger partial charge is 0.342 e. The first kappa shape index (κ1) is 30.8. The summed E-state index contributed by atoms with van der Waals surface area (Å²) in [5.41, 5.74) is 6.13. The van der Waals surface area contributed by atoms with Crippen LogP contribution in [0.15, 0.2) is 60.7 Å². The maximum absolute atomic E-state index is 12.9.